The number of anilines is 2. The first kappa shape index (κ1) is 15.8. The Balaban J connectivity index is 2.20. The van der Waals surface area contributed by atoms with Gasteiger partial charge in [-0.15, -0.1) is 0 Å². The number of amides is 1. The van der Waals surface area contributed by atoms with E-state index in [2.05, 4.69) is 5.32 Å². The highest BCUT2D eigenvalue weighted by molar-refractivity contribution is 6.32. The van der Waals surface area contributed by atoms with Crippen LogP contribution in [-0.2, 0) is 0 Å². The van der Waals surface area contributed by atoms with Crippen molar-refractivity contribution in [1.82, 2.24) is 0 Å². The van der Waals surface area contributed by atoms with Crippen LogP contribution in [0.1, 0.15) is 10.4 Å². The molecular formula is C15H15BF2N2O2. The number of halogens is 2. The highest BCUT2D eigenvalue weighted by atomic mass is 19.3. The lowest BCUT2D eigenvalue weighted by Gasteiger charge is -2.12. The van der Waals surface area contributed by atoms with Gasteiger partial charge in [-0.05, 0) is 30.3 Å². The normalized spacial score (nSPS) is 10.5. The second-order valence-corrected chi connectivity index (χ2v) is 4.78. The van der Waals surface area contributed by atoms with Crippen molar-refractivity contribution >= 4 is 30.6 Å². The number of hydrogen-bond donors (Lipinski definition) is 2. The van der Waals surface area contributed by atoms with Crippen LogP contribution in [0.3, 0.4) is 0 Å². The van der Waals surface area contributed by atoms with Gasteiger partial charge in [0.05, 0.1) is 5.56 Å². The average Bonchev–Trinajstić information content (AvgIpc) is 2.48. The van der Waals surface area contributed by atoms with Crippen molar-refractivity contribution in [3.05, 3.63) is 48.0 Å². The van der Waals surface area contributed by atoms with Crippen LogP contribution in [0.4, 0.5) is 20.2 Å². The van der Waals surface area contributed by atoms with Gasteiger partial charge in [0.25, 0.3) is 12.3 Å². The molecule has 114 valence electrons. The summed E-state index contributed by atoms with van der Waals surface area (Å²) in [5, 5.41) is 2.68. The highest BCUT2D eigenvalue weighted by Gasteiger charge is 2.15. The molecule has 4 nitrogen and oxygen atoms in total. The van der Waals surface area contributed by atoms with E-state index in [1.54, 1.807) is 12.1 Å². The summed E-state index contributed by atoms with van der Waals surface area (Å²) >= 11 is 0. The minimum absolute atomic E-state index is 0.0686. The van der Waals surface area contributed by atoms with Crippen molar-refractivity contribution in [3.63, 3.8) is 0 Å². The lowest BCUT2D eigenvalue weighted by molar-refractivity contribution is 0.0803. The Morgan fingerprint density at radius 1 is 1.23 bits per heavy atom. The summed E-state index contributed by atoms with van der Waals surface area (Å²) in [6.07, 6.45) is -2.62. The average molecular weight is 304 g/mol. The molecule has 3 N–H and O–H groups in total. The summed E-state index contributed by atoms with van der Waals surface area (Å²) in [4.78, 5) is 12.3. The molecule has 0 unspecified atom stereocenters. The number of rotatable bonds is 5. The van der Waals surface area contributed by atoms with E-state index in [0.29, 0.717) is 11.4 Å². The molecular weight excluding hydrogens is 289 g/mol. The van der Waals surface area contributed by atoms with E-state index in [4.69, 9.17) is 10.5 Å². The van der Waals surface area contributed by atoms with Crippen molar-refractivity contribution in [2.45, 2.75) is 6.43 Å². The van der Waals surface area contributed by atoms with Crippen LogP contribution >= 0.6 is 0 Å². The Kier molecular flexibility index (Phi) is 4.98. The summed E-state index contributed by atoms with van der Waals surface area (Å²) in [7, 11) is 1.93. The summed E-state index contributed by atoms with van der Waals surface area (Å²) in [5.74, 6) is -0.403. The Hall–Kier alpha value is -2.57. The molecule has 0 saturated heterocycles. The molecule has 0 bridgehead atoms. The van der Waals surface area contributed by atoms with E-state index in [-0.39, 0.29) is 11.3 Å². The molecule has 0 saturated carbocycles. The molecule has 2 aromatic rings. The summed E-state index contributed by atoms with van der Waals surface area (Å²) in [6, 6.07) is 11.5. The summed E-state index contributed by atoms with van der Waals surface area (Å²) in [5.41, 5.74) is 7.76. The summed E-state index contributed by atoms with van der Waals surface area (Å²) in [6.45, 7) is -0.783. The molecule has 1 amide bonds. The predicted molar refractivity (Wildman–Crippen MR) is 84.9 cm³/mol. The molecule has 0 atom stereocenters. The van der Waals surface area contributed by atoms with Gasteiger partial charge in [-0.2, -0.15) is 0 Å². The topological polar surface area (TPSA) is 64.4 Å². The van der Waals surface area contributed by atoms with Crippen molar-refractivity contribution < 1.29 is 18.3 Å². The first-order valence-electron chi connectivity index (χ1n) is 6.64. The highest BCUT2D eigenvalue weighted by Crippen LogP contribution is 2.23. The monoisotopic (exact) mass is 304 g/mol. The third-order valence-electron chi connectivity index (χ3n) is 2.92. The first-order valence-corrected chi connectivity index (χ1v) is 6.64. The molecule has 0 heterocycles. The van der Waals surface area contributed by atoms with E-state index < -0.39 is 18.9 Å². The Labute approximate surface area is 127 Å². The molecule has 0 aliphatic carbocycles. The van der Waals surface area contributed by atoms with Crippen LogP contribution in [0, 0.1) is 0 Å². The quantitative estimate of drug-likeness (QED) is 0.649. The molecule has 0 aliphatic rings. The fourth-order valence-corrected chi connectivity index (χ4v) is 1.84. The molecule has 2 rings (SSSR count). The number of benzene rings is 2. The number of carbonyl (C=O) groups is 1. The van der Waals surface area contributed by atoms with Crippen molar-refractivity contribution in [3.8, 4) is 5.75 Å². The van der Waals surface area contributed by atoms with Gasteiger partial charge in [0.2, 0.25) is 0 Å². The Morgan fingerprint density at radius 2 is 1.91 bits per heavy atom. The zero-order valence-corrected chi connectivity index (χ0v) is 12.0. The van der Waals surface area contributed by atoms with Crippen LogP contribution in [-0.4, -0.2) is 26.8 Å². The fraction of sp³-hybridized carbons (Fsp3) is 0.133. The fourth-order valence-electron chi connectivity index (χ4n) is 1.84. The van der Waals surface area contributed by atoms with Gasteiger partial charge >= 0.3 is 0 Å². The Bertz CT molecular complexity index is 663. The molecule has 22 heavy (non-hydrogen) atoms. The Morgan fingerprint density at radius 3 is 2.55 bits per heavy atom. The smallest absolute Gasteiger partial charge is 0.272 e. The molecule has 2 aromatic carbocycles. The van der Waals surface area contributed by atoms with Crippen molar-refractivity contribution in [2.24, 2.45) is 0 Å². The lowest BCUT2D eigenvalue weighted by Crippen LogP contribution is -2.16. The molecule has 7 heteroatoms. The van der Waals surface area contributed by atoms with E-state index in [0.717, 1.165) is 5.46 Å². The predicted octanol–water partition coefficient (Wildman–Crippen LogP) is 1.42. The number of ether oxygens (including phenoxy) is 1. The second kappa shape index (κ2) is 6.93. The van der Waals surface area contributed by atoms with Crippen LogP contribution < -0.4 is 21.3 Å². The van der Waals surface area contributed by atoms with Gasteiger partial charge in [0.1, 0.15) is 20.2 Å². The van der Waals surface area contributed by atoms with Crippen LogP contribution in [0.25, 0.3) is 0 Å². The lowest BCUT2D eigenvalue weighted by atomic mass is 9.96. The summed E-state index contributed by atoms with van der Waals surface area (Å²) < 4.78 is 29.5. The minimum Gasteiger partial charge on any atom is -0.487 e. The van der Waals surface area contributed by atoms with Crippen LogP contribution in [0.2, 0.25) is 0 Å². The van der Waals surface area contributed by atoms with Gasteiger partial charge in [-0.3, -0.25) is 4.79 Å². The van der Waals surface area contributed by atoms with E-state index in [1.165, 1.54) is 18.2 Å². The van der Waals surface area contributed by atoms with Gasteiger partial charge in [0, 0.05) is 11.4 Å². The van der Waals surface area contributed by atoms with Crippen molar-refractivity contribution in [1.29, 1.82) is 0 Å². The maximum Gasteiger partial charge on any atom is 0.272 e. The minimum atomic E-state index is -2.62. The number of carbonyl (C=O) groups excluding carboxylic acids is 1. The SMILES string of the molecule is Bc1ccc(NC(=O)c2cc(N)ccc2OCC(F)F)cc1. The second-order valence-electron chi connectivity index (χ2n) is 4.78. The van der Waals surface area contributed by atoms with Crippen LogP contribution in [0.5, 0.6) is 5.75 Å². The number of alkyl halides is 2. The van der Waals surface area contributed by atoms with Gasteiger partial charge < -0.3 is 15.8 Å². The van der Waals surface area contributed by atoms with E-state index >= 15 is 0 Å². The van der Waals surface area contributed by atoms with Gasteiger partial charge in [0.15, 0.2) is 0 Å². The molecule has 0 aliphatic heterocycles. The molecule has 0 aromatic heterocycles. The number of hydrogen-bond acceptors (Lipinski definition) is 3. The number of nitrogen functional groups attached to an aromatic ring is 1. The number of nitrogens with two attached hydrogens (primary N) is 1. The first-order chi connectivity index (χ1) is 10.5. The zero-order chi connectivity index (χ0) is 16.1. The maximum absolute atomic E-state index is 12.3. The van der Waals surface area contributed by atoms with Crippen LogP contribution in [0.15, 0.2) is 42.5 Å². The standard InChI is InChI=1S/C15H15BF2N2O2/c16-9-1-4-11(5-2-9)20-15(21)12-7-10(19)3-6-13(12)22-8-14(17)18/h1-7,14H,8,16,19H2,(H,20,21). The molecule has 0 radical (unpaired) electrons. The molecule has 0 spiro atoms. The number of nitrogens with one attached hydrogen (secondary N) is 1. The molecule has 0 fully saturated rings. The largest absolute Gasteiger partial charge is 0.487 e. The third-order valence-corrected chi connectivity index (χ3v) is 2.92. The zero-order valence-electron chi connectivity index (χ0n) is 12.0. The third kappa shape index (κ3) is 4.21. The van der Waals surface area contributed by atoms with Gasteiger partial charge in [-0.1, -0.05) is 17.6 Å². The van der Waals surface area contributed by atoms with E-state index in [9.17, 15) is 13.6 Å². The maximum atomic E-state index is 12.3. The van der Waals surface area contributed by atoms with Crippen molar-refractivity contribution in [2.75, 3.05) is 17.7 Å². The van der Waals surface area contributed by atoms with Gasteiger partial charge in [-0.25, -0.2) is 8.78 Å². The van der Waals surface area contributed by atoms with E-state index in [1.807, 2.05) is 20.0 Å².